The Morgan fingerprint density at radius 3 is 2.62 bits per heavy atom. The van der Waals surface area contributed by atoms with Gasteiger partial charge in [-0.2, -0.15) is 0 Å². The van der Waals surface area contributed by atoms with Crippen molar-refractivity contribution in [2.24, 2.45) is 0 Å². The smallest absolute Gasteiger partial charge is 0.331 e. The van der Waals surface area contributed by atoms with Gasteiger partial charge in [-0.25, -0.2) is 9.18 Å². The lowest BCUT2D eigenvalue weighted by atomic mass is 9.89. The van der Waals surface area contributed by atoms with E-state index in [1.165, 1.54) is 25.3 Å². The number of hydrogen-bond acceptors (Lipinski definition) is 5. The number of ether oxygens (including phenoxy) is 1. The van der Waals surface area contributed by atoms with Gasteiger partial charge >= 0.3 is 5.97 Å². The second-order valence-corrected chi connectivity index (χ2v) is 6.83. The number of halogens is 1. The van der Waals surface area contributed by atoms with Gasteiger partial charge in [-0.05, 0) is 60.3 Å². The molecule has 1 aromatic rings. The lowest BCUT2D eigenvalue weighted by Gasteiger charge is -2.27. The van der Waals surface area contributed by atoms with Crippen LogP contribution in [0.15, 0.2) is 77.7 Å². The van der Waals surface area contributed by atoms with E-state index in [1.54, 1.807) is 24.5 Å². The summed E-state index contributed by atoms with van der Waals surface area (Å²) in [5, 5.41) is 3.34. The number of methoxy groups -OCH3 is 1. The van der Waals surface area contributed by atoms with Crippen LogP contribution in [0.3, 0.4) is 0 Å². The van der Waals surface area contributed by atoms with E-state index in [0.717, 1.165) is 48.5 Å². The Morgan fingerprint density at radius 2 is 1.97 bits per heavy atom. The van der Waals surface area contributed by atoms with Crippen LogP contribution in [0.5, 0.6) is 0 Å². The summed E-state index contributed by atoms with van der Waals surface area (Å²) in [5.74, 6) is 0.157. The van der Waals surface area contributed by atoms with Crippen molar-refractivity contribution in [1.29, 1.82) is 0 Å². The van der Waals surface area contributed by atoms with E-state index < -0.39 is 5.97 Å². The molecule has 0 atom stereocenters. The highest BCUT2D eigenvalue weighted by atomic mass is 19.1. The maximum atomic E-state index is 13.8. The Kier molecular flexibility index (Phi) is 7.00. The van der Waals surface area contributed by atoms with Gasteiger partial charge in [0.05, 0.1) is 7.11 Å². The molecule has 1 saturated heterocycles. The summed E-state index contributed by atoms with van der Waals surface area (Å²) in [5.41, 5.74) is 3.33. The summed E-state index contributed by atoms with van der Waals surface area (Å²) in [6.07, 6.45) is 14.0. The molecule has 0 amide bonds. The number of aromatic nitrogens is 1. The molecule has 152 valence electrons. The van der Waals surface area contributed by atoms with E-state index in [1.807, 2.05) is 19.2 Å². The highest BCUT2D eigenvalue weighted by Crippen LogP contribution is 2.35. The van der Waals surface area contributed by atoms with Crippen molar-refractivity contribution in [2.45, 2.75) is 19.3 Å². The maximum absolute atomic E-state index is 13.8. The number of carbonyl (C=O) groups is 1. The van der Waals surface area contributed by atoms with Gasteiger partial charge in [-0.15, -0.1) is 0 Å². The Balaban J connectivity index is 2.24. The van der Waals surface area contributed by atoms with Gasteiger partial charge < -0.3 is 15.0 Å². The molecule has 6 heteroatoms. The number of esters is 1. The number of nitrogens with one attached hydrogen (secondary N) is 1. The lowest BCUT2D eigenvalue weighted by Crippen LogP contribution is -2.29. The molecule has 29 heavy (non-hydrogen) atoms. The Labute approximate surface area is 171 Å². The molecule has 0 spiro atoms. The first-order valence-corrected chi connectivity index (χ1v) is 9.74. The molecule has 0 radical (unpaired) electrons. The number of hydrogen-bond donors (Lipinski definition) is 1. The Morgan fingerprint density at radius 1 is 1.24 bits per heavy atom. The van der Waals surface area contributed by atoms with Gasteiger partial charge in [0.15, 0.2) is 0 Å². The molecule has 2 aliphatic rings. The molecular formula is C23H26FN3O2. The van der Waals surface area contributed by atoms with Gasteiger partial charge in [-0.3, -0.25) is 4.98 Å². The van der Waals surface area contributed by atoms with Crippen molar-refractivity contribution in [2.75, 3.05) is 27.2 Å². The molecule has 1 aliphatic heterocycles. The molecule has 0 bridgehead atoms. The van der Waals surface area contributed by atoms with E-state index in [2.05, 4.69) is 15.2 Å². The van der Waals surface area contributed by atoms with Crippen molar-refractivity contribution in [3.63, 3.8) is 0 Å². The molecule has 1 aromatic heterocycles. The molecule has 2 heterocycles. The largest absolute Gasteiger partial charge is 0.466 e. The SMILES string of the molecule is CN/C(=C(\C(=C\C(=O)OC)C1=CC=C(F)C=CC1)c1ccncc1)N1CCCC1. The van der Waals surface area contributed by atoms with Gasteiger partial charge in [0.2, 0.25) is 0 Å². The van der Waals surface area contributed by atoms with Crippen LogP contribution in [-0.2, 0) is 9.53 Å². The first-order chi connectivity index (χ1) is 14.1. The minimum atomic E-state index is -0.456. The fourth-order valence-electron chi connectivity index (χ4n) is 3.62. The van der Waals surface area contributed by atoms with E-state index in [-0.39, 0.29) is 5.83 Å². The maximum Gasteiger partial charge on any atom is 0.331 e. The van der Waals surface area contributed by atoms with Crippen LogP contribution in [-0.4, -0.2) is 43.1 Å². The van der Waals surface area contributed by atoms with Crippen molar-refractivity contribution >= 4 is 11.5 Å². The van der Waals surface area contributed by atoms with Crippen LogP contribution in [0.2, 0.25) is 0 Å². The monoisotopic (exact) mass is 395 g/mol. The highest BCUT2D eigenvalue weighted by molar-refractivity contribution is 5.94. The molecule has 0 unspecified atom stereocenters. The number of carbonyl (C=O) groups excluding carboxylic acids is 1. The Hall–Kier alpha value is -3.15. The fourth-order valence-corrected chi connectivity index (χ4v) is 3.62. The van der Waals surface area contributed by atoms with Gasteiger partial charge in [0.1, 0.15) is 11.6 Å². The van der Waals surface area contributed by atoms with Crippen molar-refractivity contribution in [3.8, 4) is 0 Å². The van der Waals surface area contributed by atoms with Crippen LogP contribution < -0.4 is 5.32 Å². The third-order valence-corrected chi connectivity index (χ3v) is 5.00. The van der Waals surface area contributed by atoms with Crippen molar-refractivity contribution in [3.05, 3.63) is 83.3 Å². The van der Waals surface area contributed by atoms with Crippen molar-refractivity contribution in [1.82, 2.24) is 15.2 Å². The molecule has 0 saturated carbocycles. The molecule has 5 nitrogen and oxygen atoms in total. The zero-order valence-corrected chi connectivity index (χ0v) is 16.8. The third kappa shape index (κ3) is 5.02. The number of rotatable bonds is 6. The summed E-state index contributed by atoms with van der Waals surface area (Å²) in [7, 11) is 3.23. The number of nitrogens with zero attached hydrogens (tertiary/aromatic N) is 2. The zero-order chi connectivity index (χ0) is 20.6. The molecule has 1 N–H and O–H groups in total. The zero-order valence-electron chi connectivity index (χ0n) is 16.8. The van der Waals surface area contributed by atoms with Crippen LogP contribution in [0.25, 0.3) is 5.57 Å². The van der Waals surface area contributed by atoms with E-state index in [0.29, 0.717) is 12.0 Å². The molecule has 0 aromatic carbocycles. The first-order valence-electron chi connectivity index (χ1n) is 9.74. The van der Waals surface area contributed by atoms with Gasteiger partial charge in [-0.1, -0.05) is 12.2 Å². The first kappa shape index (κ1) is 20.6. The van der Waals surface area contributed by atoms with E-state index in [4.69, 9.17) is 4.74 Å². The summed E-state index contributed by atoms with van der Waals surface area (Å²) in [6, 6.07) is 3.83. The number of pyridine rings is 1. The van der Waals surface area contributed by atoms with E-state index >= 15 is 0 Å². The summed E-state index contributed by atoms with van der Waals surface area (Å²) >= 11 is 0. The Bertz CT molecular complexity index is 892. The minimum absolute atomic E-state index is 0.319. The quantitative estimate of drug-likeness (QED) is 0.450. The van der Waals surface area contributed by atoms with Crippen LogP contribution >= 0.6 is 0 Å². The summed E-state index contributed by atoms with van der Waals surface area (Å²) in [4.78, 5) is 18.7. The van der Waals surface area contributed by atoms with Crippen LogP contribution in [0.4, 0.5) is 4.39 Å². The predicted octanol–water partition coefficient (Wildman–Crippen LogP) is 3.90. The van der Waals surface area contributed by atoms with E-state index in [9.17, 15) is 9.18 Å². The topological polar surface area (TPSA) is 54.5 Å². The average Bonchev–Trinajstić information content (AvgIpc) is 3.19. The predicted molar refractivity (Wildman–Crippen MR) is 112 cm³/mol. The van der Waals surface area contributed by atoms with Crippen LogP contribution in [0.1, 0.15) is 24.8 Å². The van der Waals surface area contributed by atoms with Gasteiger partial charge in [0.25, 0.3) is 0 Å². The fraction of sp³-hybridized carbons (Fsp3) is 0.304. The third-order valence-electron chi connectivity index (χ3n) is 5.00. The number of likely N-dealkylation sites (tertiary alicyclic amines) is 1. The van der Waals surface area contributed by atoms with Gasteiger partial charge in [0, 0.05) is 44.2 Å². The highest BCUT2D eigenvalue weighted by Gasteiger charge is 2.24. The minimum Gasteiger partial charge on any atom is -0.466 e. The van der Waals surface area contributed by atoms with Crippen LogP contribution in [0, 0.1) is 0 Å². The average molecular weight is 395 g/mol. The second-order valence-electron chi connectivity index (χ2n) is 6.83. The lowest BCUT2D eigenvalue weighted by molar-refractivity contribution is -0.134. The summed E-state index contributed by atoms with van der Waals surface area (Å²) in [6.45, 7) is 1.87. The normalized spacial score (nSPS) is 17.9. The molecule has 3 rings (SSSR count). The molecule has 1 fully saturated rings. The molecule has 1 aliphatic carbocycles. The number of allylic oxidation sites excluding steroid dienone is 8. The van der Waals surface area contributed by atoms with Crippen molar-refractivity contribution < 1.29 is 13.9 Å². The second kappa shape index (κ2) is 9.87. The molecular weight excluding hydrogens is 369 g/mol. The standard InChI is InChI=1S/C23H26FN3O2/c1-25-23(27-14-3-4-15-27)22(18-10-12-26-13-11-18)20(16-21(28)29-2)17-6-5-7-19(24)9-8-17/h5,7-13,16,25H,3-4,6,14-15H2,1-2H3/b20-16+,23-22+. The summed E-state index contributed by atoms with van der Waals surface area (Å²) < 4.78 is 18.7.